The molecule has 8 nitrogen and oxygen atoms in total. The number of hydrogen-bond donors (Lipinski definition) is 4. The SMILES string of the molecule is CC(C)c1c(C(=O)Nc2ccccc2)c(-c2ccccc2)c(-c2ccc(F)cc2)n1CC[C@@H](O)C[C@H](CC(=O)O)OO. The summed E-state index contributed by atoms with van der Waals surface area (Å²) in [7, 11) is 0. The zero-order chi connectivity index (χ0) is 30.2. The average Bonchev–Trinajstić information content (AvgIpc) is 3.32. The standard InChI is InChI=1S/C33H35FN2O6/c1-21(2)31-30(33(40)35-25-11-7-4-8-12-25)29(22-9-5-3-6-10-22)32(23-13-15-24(34)16-14-23)36(31)18-17-26(37)19-27(42-41)20-28(38)39/h3-16,21,26-27,37,41H,17-20H2,1-2H3,(H,35,40)(H,38,39)/t26-,27-/m1/s1. The Kier molecular flexibility index (Phi) is 10.2. The molecule has 4 rings (SSSR count). The fraction of sp³-hybridized carbons (Fsp3) is 0.273. The molecule has 0 radical (unpaired) electrons. The summed E-state index contributed by atoms with van der Waals surface area (Å²) in [5.41, 5.74) is 4.69. The van der Waals surface area contributed by atoms with Crippen LogP contribution >= 0.6 is 0 Å². The first-order chi connectivity index (χ1) is 20.2. The van der Waals surface area contributed by atoms with Crippen LogP contribution in [0.2, 0.25) is 0 Å². The lowest BCUT2D eigenvalue weighted by atomic mass is 9.94. The third kappa shape index (κ3) is 7.30. The summed E-state index contributed by atoms with van der Waals surface area (Å²) in [4.78, 5) is 29.5. The molecule has 9 heteroatoms. The van der Waals surface area contributed by atoms with Crippen LogP contribution in [-0.4, -0.2) is 44.1 Å². The van der Waals surface area contributed by atoms with Crippen LogP contribution in [0.15, 0.2) is 84.9 Å². The van der Waals surface area contributed by atoms with E-state index in [1.165, 1.54) is 12.1 Å². The number of carboxylic acid groups (broad SMARTS) is 1. The van der Waals surface area contributed by atoms with Crippen molar-refractivity contribution in [3.63, 3.8) is 0 Å². The van der Waals surface area contributed by atoms with E-state index in [4.69, 9.17) is 10.4 Å². The van der Waals surface area contributed by atoms with Crippen molar-refractivity contribution in [1.82, 2.24) is 4.57 Å². The van der Waals surface area contributed by atoms with Gasteiger partial charge in [0.25, 0.3) is 5.91 Å². The molecule has 0 saturated carbocycles. The van der Waals surface area contributed by atoms with Gasteiger partial charge in [-0.05, 0) is 59.9 Å². The molecular formula is C33H35FN2O6. The zero-order valence-corrected chi connectivity index (χ0v) is 23.5. The van der Waals surface area contributed by atoms with Gasteiger partial charge in [-0.3, -0.25) is 14.8 Å². The topological polar surface area (TPSA) is 121 Å². The van der Waals surface area contributed by atoms with E-state index in [1.54, 1.807) is 24.3 Å². The van der Waals surface area contributed by atoms with Crippen molar-refractivity contribution in [2.75, 3.05) is 5.32 Å². The number of para-hydroxylation sites is 1. The number of aliphatic hydroxyl groups excluding tert-OH is 1. The molecule has 1 amide bonds. The molecule has 0 saturated heterocycles. The van der Waals surface area contributed by atoms with Gasteiger partial charge >= 0.3 is 5.97 Å². The second-order valence-corrected chi connectivity index (χ2v) is 10.5. The molecule has 0 spiro atoms. The van der Waals surface area contributed by atoms with Gasteiger partial charge in [-0.15, -0.1) is 0 Å². The Morgan fingerprint density at radius 3 is 2.12 bits per heavy atom. The van der Waals surface area contributed by atoms with E-state index in [0.717, 1.165) is 11.3 Å². The van der Waals surface area contributed by atoms with E-state index >= 15 is 0 Å². The molecule has 0 aliphatic rings. The number of aromatic nitrogens is 1. The van der Waals surface area contributed by atoms with Gasteiger partial charge in [0.2, 0.25) is 0 Å². The molecule has 1 aromatic heterocycles. The number of nitrogens with zero attached hydrogens (tertiary/aromatic N) is 1. The lowest BCUT2D eigenvalue weighted by Crippen LogP contribution is -2.24. The Morgan fingerprint density at radius 1 is 0.929 bits per heavy atom. The van der Waals surface area contributed by atoms with Crippen LogP contribution in [0.5, 0.6) is 0 Å². The second-order valence-electron chi connectivity index (χ2n) is 10.5. The molecule has 0 aliphatic carbocycles. The predicted molar refractivity (Wildman–Crippen MR) is 159 cm³/mol. The Morgan fingerprint density at radius 2 is 1.55 bits per heavy atom. The monoisotopic (exact) mass is 574 g/mol. The number of rotatable bonds is 13. The van der Waals surface area contributed by atoms with Crippen molar-refractivity contribution in [3.05, 3.63) is 102 Å². The summed E-state index contributed by atoms with van der Waals surface area (Å²) < 4.78 is 16.0. The molecule has 4 N–H and O–H groups in total. The maximum absolute atomic E-state index is 14.1. The Hall–Kier alpha value is -4.31. The van der Waals surface area contributed by atoms with E-state index in [2.05, 4.69) is 10.2 Å². The molecule has 1 heterocycles. The zero-order valence-electron chi connectivity index (χ0n) is 23.5. The predicted octanol–water partition coefficient (Wildman–Crippen LogP) is 6.81. The van der Waals surface area contributed by atoms with Crippen molar-refractivity contribution in [3.8, 4) is 22.4 Å². The van der Waals surface area contributed by atoms with Crippen LogP contribution in [-0.2, 0) is 16.2 Å². The van der Waals surface area contributed by atoms with E-state index < -0.39 is 30.4 Å². The quantitative estimate of drug-likeness (QED) is 0.103. The average molecular weight is 575 g/mol. The van der Waals surface area contributed by atoms with Gasteiger partial charge in [0, 0.05) is 29.9 Å². The maximum Gasteiger partial charge on any atom is 0.306 e. The molecule has 42 heavy (non-hydrogen) atoms. The Labute approximate surface area is 244 Å². The first-order valence-electron chi connectivity index (χ1n) is 13.8. The largest absolute Gasteiger partial charge is 0.481 e. The van der Waals surface area contributed by atoms with Crippen molar-refractivity contribution in [1.29, 1.82) is 0 Å². The first kappa shape index (κ1) is 30.6. The minimum absolute atomic E-state index is 0.0974. The number of amides is 1. The summed E-state index contributed by atoms with van der Waals surface area (Å²) in [6.45, 7) is 4.21. The van der Waals surface area contributed by atoms with Crippen molar-refractivity contribution in [2.24, 2.45) is 0 Å². The van der Waals surface area contributed by atoms with Crippen LogP contribution in [0, 0.1) is 5.82 Å². The normalized spacial score (nSPS) is 12.7. The van der Waals surface area contributed by atoms with Crippen molar-refractivity contribution in [2.45, 2.75) is 57.8 Å². The summed E-state index contributed by atoms with van der Waals surface area (Å²) in [5.74, 6) is -1.99. The minimum atomic E-state index is -1.16. The van der Waals surface area contributed by atoms with Crippen molar-refractivity contribution < 1.29 is 34.3 Å². The number of aliphatic hydroxyl groups is 1. The minimum Gasteiger partial charge on any atom is -0.481 e. The van der Waals surface area contributed by atoms with Gasteiger partial charge in [-0.1, -0.05) is 62.4 Å². The summed E-state index contributed by atoms with van der Waals surface area (Å²) in [6, 6.07) is 24.7. The number of benzene rings is 3. The van der Waals surface area contributed by atoms with Gasteiger partial charge < -0.3 is 20.1 Å². The van der Waals surface area contributed by atoms with E-state index in [0.29, 0.717) is 28.1 Å². The number of carbonyl (C=O) groups is 2. The number of halogens is 1. The third-order valence-corrected chi connectivity index (χ3v) is 7.06. The molecule has 0 fully saturated rings. The number of anilines is 1. The number of carbonyl (C=O) groups excluding carboxylic acids is 1. The van der Waals surface area contributed by atoms with Gasteiger partial charge in [0.1, 0.15) is 11.9 Å². The summed E-state index contributed by atoms with van der Waals surface area (Å²) in [5, 5.41) is 32.1. The van der Waals surface area contributed by atoms with Crippen LogP contribution in [0.3, 0.4) is 0 Å². The highest BCUT2D eigenvalue weighted by Crippen LogP contribution is 2.42. The smallest absolute Gasteiger partial charge is 0.306 e. The van der Waals surface area contributed by atoms with Crippen LogP contribution in [0.1, 0.15) is 55.1 Å². The summed E-state index contributed by atoms with van der Waals surface area (Å²) >= 11 is 0. The van der Waals surface area contributed by atoms with E-state index in [-0.39, 0.29) is 31.2 Å². The molecule has 3 aromatic carbocycles. The van der Waals surface area contributed by atoms with Crippen LogP contribution < -0.4 is 5.32 Å². The molecule has 220 valence electrons. The number of carboxylic acids is 1. The van der Waals surface area contributed by atoms with Crippen molar-refractivity contribution >= 4 is 17.6 Å². The molecule has 0 aliphatic heterocycles. The fourth-order valence-corrected chi connectivity index (χ4v) is 5.27. The van der Waals surface area contributed by atoms with Gasteiger partial charge in [-0.2, -0.15) is 0 Å². The van der Waals surface area contributed by atoms with E-state index in [1.807, 2.05) is 66.9 Å². The highest BCUT2D eigenvalue weighted by atomic mass is 19.1. The molecule has 4 aromatic rings. The van der Waals surface area contributed by atoms with E-state index in [9.17, 15) is 19.1 Å². The van der Waals surface area contributed by atoms with Gasteiger partial charge in [-0.25, -0.2) is 9.28 Å². The molecule has 0 unspecified atom stereocenters. The fourth-order valence-electron chi connectivity index (χ4n) is 5.27. The number of hydrogen-bond acceptors (Lipinski definition) is 5. The lowest BCUT2D eigenvalue weighted by molar-refractivity contribution is -0.284. The first-order valence-corrected chi connectivity index (χ1v) is 13.8. The van der Waals surface area contributed by atoms with Crippen LogP contribution in [0.4, 0.5) is 10.1 Å². The number of nitrogens with one attached hydrogen (secondary N) is 1. The highest BCUT2D eigenvalue weighted by molar-refractivity contribution is 6.12. The van der Waals surface area contributed by atoms with Gasteiger partial charge in [0.05, 0.1) is 23.8 Å². The molecular weight excluding hydrogens is 539 g/mol. The maximum atomic E-state index is 14.1. The Balaban J connectivity index is 1.88. The molecule has 0 bridgehead atoms. The lowest BCUT2D eigenvalue weighted by Gasteiger charge is -2.20. The van der Waals surface area contributed by atoms with Gasteiger partial charge in [0.15, 0.2) is 0 Å². The van der Waals surface area contributed by atoms with Crippen LogP contribution in [0.25, 0.3) is 22.4 Å². The summed E-state index contributed by atoms with van der Waals surface area (Å²) in [6.07, 6.45) is -2.46. The third-order valence-electron chi connectivity index (χ3n) is 7.06. The Bertz CT molecular complexity index is 1490. The molecule has 2 atom stereocenters. The number of aliphatic carboxylic acids is 1. The highest BCUT2D eigenvalue weighted by Gasteiger charge is 2.31. The second kappa shape index (κ2) is 14.0.